The van der Waals surface area contributed by atoms with Gasteiger partial charge in [0.2, 0.25) is 5.91 Å². The lowest BCUT2D eigenvalue weighted by atomic mass is 10.1. The van der Waals surface area contributed by atoms with E-state index in [1.165, 1.54) is 11.1 Å². The fourth-order valence-corrected chi connectivity index (χ4v) is 1.75. The first kappa shape index (κ1) is 19.7. The monoisotopic (exact) mass is 314 g/mol. The summed E-state index contributed by atoms with van der Waals surface area (Å²) >= 11 is 0. The second kappa shape index (κ2) is 10.5. The molecule has 0 fully saturated rings. The van der Waals surface area contributed by atoms with Crippen LogP contribution in [0.1, 0.15) is 37.3 Å². The molecule has 1 rings (SSSR count). The molecule has 0 spiro atoms. The van der Waals surface area contributed by atoms with Crippen molar-refractivity contribution in [3.8, 4) is 5.75 Å². The first-order valence-electron chi connectivity index (χ1n) is 7.21. The van der Waals surface area contributed by atoms with Crippen LogP contribution >= 0.6 is 12.4 Å². The molecule has 0 aliphatic rings. The molecule has 0 saturated carbocycles. The molecule has 4 nitrogen and oxygen atoms in total. The van der Waals surface area contributed by atoms with Crippen LogP contribution in [0.25, 0.3) is 0 Å². The van der Waals surface area contributed by atoms with E-state index in [1.807, 2.05) is 25.1 Å². The Morgan fingerprint density at radius 2 is 2.05 bits per heavy atom. The maximum Gasteiger partial charge on any atom is 0.220 e. The van der Waals surface area contributed by atoms with Gasteiger partial charge in [0.05, 0.1) is 6.61 Å². The van der Waals surface area contributed by atoms with E-state index in [0.29, 0.717) is 19.6 Å². The van der Waals surface area contributed by atoms with Crippen LogP contribution in [-0.4, -0.2) is 25.1 Å². The molecule has 3 N–H and O–H groups in total. The zero-order chi connectivity index (χ0) is 15.0. The molecule has 1 amide bonds. The smallest absolute Gasteiger partial charge is 0.220 e. The third-order valence-corrected chi connectivity index (χ3v) is 3.22. The maximum absolute atomic E-state index is 11.5. The molecule has 1 aromatic carbocycles. The van der Waals surface area contributed by atoms with Crippen molar-refractivity contribution < 1.29 is 9.53 Å². The Bertz CT molecular complexity index is 436. The van der Waals surface area contributed by atoms with Gasteiger partial charge in [0.25, 0.3) is 0 Å². The van der Waals surface area contributed by atoms with E-state index in [2.05, 4.69) is 19.2 Å². The number of halogens is 1. The molecule has 0 saturated heterocycles. The molecule has 0 bridgehead atoms. The van der Waals surface area contributed by atoms with Crippen LogP contribution in [0.4, 0.5) is 0 Å². The molecule has 120 valence electrons. The summed E-state index contributed by atoms with van der Waals surface area (Å²) in [6.45, 7) is 7.28. The highest BCUT2D eigenvalue weighted by molar-refractivity contribution is 5.85. The lowest BCUT2D eigenvalue weighted by Crippen LogP contribution is -2.28. The number of nitrogens with two attached hydrogens (primary N) is 1. The lowest BCUT2D eigenvalue weighted by Gasteiger charge is -2.09. The Hall–Kier alpha value is -1.26. The molecule has 0 heterocycles. The van der Waals surface area contributed by atoms with Crippen LogP contribution in [-0.2, 0) is 4.79 Å². The minimum Gasteiger partial charge on any atom is -0.494 e. The summed E-state index contributed by atoms with van der Waals surface area (Å²) in [5.74, 6) is 0.930. The molecule has 21 heavy (non-hydrogen) atoms. The van der Waals surface area contributed by atoms with Crippen molar-refractivity contribution in [1.82, 2.24) is 5.32 Å². The highest BCUT2D eigenvalue weighted by Crippen LogP contribution is 2.16. The van der Waals surface area contributed by atoms with Crippen LogP contribution in [0.15, 0.2) is 18.2 Å². The number of amides is 1. The molecular formula is C16H27ClN2O2. The van der Waals surface area contributed by atoms with Crippen molar-refractivity contribution >= 4 is 18.3 Å². The Morgan fingerprint density at radius 1 is 1.33 bits per heavy atom. The number of carbonyl (C=O) groups is 1. The Balaban J connectivity index is 0.00000400. The van der Waals surface area contributed by atoms with Gasteiger partial charge < -0.3 is 15.8 Å². The molecule has 0 radical (unpaired) electrons. The second-order valence-corrected chi connectivity index (χ2v) is 5.31. The molecule has 1 unspecified atom stereocenters. The van der Waals surface area contributed by atoms with Crippen molar-refractivity contribution in [3.63, 3.8) is 0 Å². The SMILES string of the molecule is Cc1ccc(OCCCC(=O)NCCC(C)N)cc1C.Cl. The molecule has 0 aliphatic heterocycles. The minimum atomic E-state index is 0. The van der Waals surface area contributed by atoms with Crippen LogP contribution in [0.5, 0.6) is 5.75 Å². The number of rotatable bonds is 8. The van der Waals surface area contributed by atoms with Gasteiger partial charge in [0.1, 0.15) is 5.75 Å². The van der Waals surface area contributed by atoms with Crippen molar-refractivity contribution in [3.05, 3.63) is 29.3 Å². The van der Waals surface area contributed by atoms with Crippen LogP contribution < -0.4 is 15.8 Å². The fraction of sp³-hybridized carbons (Fsp3) is 0.562. The predicted molar refractivity (Wildman–Crippen MR) is 89.2 cm³/mol. The number of hydrogen-bond acceptors (Lipinski definition) is 3. The molecule has 0 aromatic heterocycles. The van der Waals surface area contributed by atoms with Crippen LogP contribution in [0, 0.1) is 13.8 Å². The third kappa shape index (κ3) is 8.58. The topological polar surface area (TPSA) is 64.3 Å². The Labute approximate surface area is 133 Å². The maximum atomic E-state index is 11.5. The average molecular weight is 315 g/mol. The van der Waals surface area contributed by atoms with E-state index in [-0.39, 0.29) is 24.4 Å². The number of hydrogen-bond donors (Lipinski definition) is 2. The summed E-state index contributed by atoms with van der Waals surface area (Å²) < 4.78 is 5.63. The number of aryl methyl sites for hydroxylation is 2. The molecule has 1 aromatic rings. The van der Waals surface area contributed by atoms with E-state index in [4.69, 9.17) is 10.5 Å². The summed E-state index contributed by atoms with van der Waals surface area (Å²) in [6, 6.07) is 6.16. The quantitative estimate of drug-likeness (QED) is 0.725. The highest BCUT2D eigenvalue weighted by atomic mass is 35.5. The lowest BCUT2D eigenvalue weighted by molar-refractivity contribution is -0.121. The van der Waals surface area contributed by atoms with Crippen molar-refractivity contribution in [2.45, 2.75) is 46.1 Å². The van der Waals surface area contributed by atoms with Gasteiger partial charge in [-0.1, -0.05) is 6.07 Å². The van der Waals surface area contributed by atoms with Crippen molar-refractivity contribution in [2.24, 2.45) is 5.73 Å². The first-order chi connectivity index (χ1) is 9.49. The molecular weight excluding hydrogens is 288 g/mol. The molecule has 5 heteroatoms. The third-order valence-electron chi connectivity index (χ3n) is 3.22. The summed E-state index contributed by atoms with van der Waals surface area (Å²) in [5, 5.41) is 2.85. The summed E-state index contributed by atoms with van der Waals surface area (Å²) in [7, 11) is 0. The van der Waals surface area contributed by atoms with Gasteiger partial charge in [-0.2, -0.15) is 0 Å². The van der Waals surface area contributed by atoms with E-state index in [1.54, 1.807) is 0 Å². The van der Waals surface area contributed by atoms with Crippen molar-refractivity contribution in [2.75, 3.05) is 13.2 Å². The standard InChI is InChI=1S/C16H26N2O2.ClH/c1-12-6-7-15(11-13(12)2)20-10-4-5-16(19)18-9-8-14(3)17;/h6-7,11,14H,4-5,8-10,17H2,1-3H3,(H,18,19);1H. The second-order valence-electron chi connectivity index (χ2n) is 5.31. The fourth-order valence-electron chi connectivity index (χ4n) is 1.75. The summed E-state index contributed by atoms with van der Waals surface area (Å²) in [6.07, 6.45) is 2.02. The molecule has 0 aliphatic carbocycles. The highest BCUT2D eigenvalue weighted by Gasteiger charge is 2.02. The van der Waals surface area contributed by atoms with Gasteiger partial charge in [0.15, 0.2) is 0 Å². The zero-order valence-corrected chi connectivity index (χ0v) is 14.0. The minimum absolute atomic E-state index is 0. The summed E-state index contributed by atoms with van der Waals surface area (Å²) in [5.41, 5.74) is 8.09. The van der Waals surface area contributed by atoms with E-state index in [9.17, 15) is 4.79 Å². The number of benzene rings is 1. The van der Waals surface area contributed by atoms with Gasteiger partial charge in [-0.15, -0.1) is 12.4 Å². The Morgan fingerprint density at radius 3 is 2.67 bits per heavy atom. The first-order valence-corrected chi connectivity index (χ1v) is 7.21. The summed E-state index contributed by atoms with van der Waals surface area (Å²) in [4.78, 5) is 11.5. The Kier molecular flexibility index (Phi) is 9.84. The zero-order valence-electron chi connectivity index (χ0n) is 13.1. The number of nitrogens with one attached hydrogen (secondary N) is 1. The number of ether oxygens (including phenoxy) is 1. The predicted octanol–water partition coefficient (Wildman–Crippen LogP) is 2.74. The van der Waals surface area contributed by atoms with Gasteiger partial charge in [0, 0.05) is 19.0 Å². The molecule has 1 atom stereocenters. The van der Waals surface area contributed by atoms with E-state index in [0.717, 1.165) is 18.6 Å². The van der Waals surface area contributed by atoms with E-state index >= 15 is 0 Å². The number of carbonyl (C=O) groups excluding carboxylic acids is 1. The van der Waals surface area contributed by atoms with Crippen molar-refractivity contribution in [1.29, 1.82) is 0 Å². The largest absolute Gasteiger partial charge is 0.494 e. The van der Waals surface area contributed by atoms with Crippen LogP contribution in [0.3, 0.4) is 0 Å². The van der Waals surface area contributed by atoms with Gasteiger partial charge in [-0.05, 0) is 56.9 Å². The van der Waals surface area contributed by atoms with Gasteiger partial charge in [-0.25, -0.2) is 0 Å². The van der Waals surface area contributed by atoms with Gasteiger partial charge >= 0.3 is 0 Å². The van der Waals surface area contributed by atoms with Gasteiger partial charge in [-0.3, -0.25) is 4.79 Å². The van der Waals surface area contributed by atoms with Crippen LogP contribution in [0.2, 0.25) is 0 Å². The van der Waals surface area contributed by atoms with E-state index < -0.39 is 0 Å². The average Bonchev–Trinajstić information content (AvgIpc) is 2.38. The normalized spacial score (nSPS) is 11.4.